The van der Waals surface area contributed by atoms with E-state index in [0.29, 0.717) is 12.3 Å². The molecule has 0 atom stereocenters. The van der Waals surface area contributed by atoms with E-state index in [1.807, 2.05) is 17.5 Å². The molecule has 0 unspecified atom stereocenters. The summed E-state index contributed by atoms with van der Waals surface area (Å²) in [5.74, 6) is -0.473. The zero-order chi connectivity index (χ0) is 14.5. The SMILES string of the molecule is COc1ccc(C(=O)N(C)CCc2cccs2)c(F)c1. The number of likely N-dealkylation sites (N-methyl/N-ethyl adjacent to an activating group) is 1. The van der Waals surface area contributed by atoms with E-state index in [2.05, 4.69) is 0 Å². The maximum atomic E-state index is 13.8. The zero-order valence-electron chi connectivity index (χ0n) is 11.4. The van der Waals surface area contributed by atoms with Crippen LogP contribution in [0.3, 0.4) is 0 Å². The van der Waals surface area contributed by atoms with Crippen molar-refractivity contribution in [2.75, 3.05) is 20.7 Å². The van der Waals surface area contributed by atoms with Crippen LogP contribution in [0.25, 0.3) is 0 Å². The molecule has 0 aliphatic rings. The highest BCUT2D eigenvalue weighted by Crippen LogP contribution is 2.18. The van der Waals surface area contributed by atoms with E-state index in [1.54, 1.807) is 24.5 Å². The van der Waals surface area contributed by atoms with Gasteiger partial charge in [0.15, 0.2) is 0 Å². The summed E-state index contributed by atoms with van der Waals surface area (Å²) in [5, 5.41) is 2.00. The van der Waals surface area contributed by atoms with Gasteiger partial charge in [-0.15, -0.1) is 11.3 Å². The minimum absolute atomic E-state index is 0.0690. The van der Waals surface area contributed by atoms with Crippen LogP contribution in [0.2, 0.25) is 0 Å². The van der Waals surface area contributed by atoms with Gasteiger partial charge in [0, 0.05) is 24.5 Å². The van der Waals surface area contributed by atoms with Crippen LogP contribution in [0.4, 0.5) is 4.39 Å². The van der Waals surface area contributed by atoms with Crippen molar-refractivity contribution in [3.63, 3.8) is 0 Å². The Labute approximate surface area is 121 Å². The van der Waals surface area contributed by atoms with E-state index in [-0.39, 0.29) is 11.5 Å². The number of thiophene rings is 1. The Hall–Kier alpha value is -1.88. The van der Waals surface area contributed by atoms with Crippen molar-refractivity contribution in [1.29, 1.82) is 0 Å². The number of nitrogens with zero attached hydrogens (tertiary/aromatic N) is 1. The van der Waals surface area contributed by atoms with Gasteiger partial charge in [-0.2, -0.15) is 0 Å². The molecule has 0 saturated heterocycles. The fraction of sp³-hybridized carbons (Fsp3) is 0.267. The normalized spacial score (nSPS) is 10.3. The number of hydrogen-bond donors (Lipinski definition) is 0. The lowest BCUT2D eigenvalue weighted by atomic mass is 10.1. The molecule has 0 N–H and O–H groups in total. The summed E-state index contributed by atoms with van der Waals surface area (Å²) < 4.78 is 18.8. The average molecular weight is 293 g/mol. The van der Waals surface area contributed by atoms with Crippen molar-refractivity contribution >= 4 is 17.2 Å². The van der Waals surface area contributed by atoms with Gasteiger partial charge in [0.05, 0.1) is 12.7 Å². The van der Waals surface area contributed by atoms with Crippen LogP contribution >= 0.6 is 11.3 Å². The Kier molecular flexibility index (Phi) is 4.74. The molecule has 5 heteroatoms. The number of hydrogen-bond acceptors (Lipinski definition) is 3. The molecule has 0 saturated carbocycles. The third-order valence-corrected chi connectivity index (χ3v) is 3.96. The van der Waals surface area contributed by atoms with E-state index in [4.69, 9.17) is 4.74 Å². The van der Waals surface area contributed by atoms with Crippen molar-refractivity contribution in [3.05, 3.63) is 52.0 Å². The summed E-state index contributed by atoms with van der Waals surface area (Å²) in [6.45, 7) is 0.560. The topological polar surface area (TPSA) is 29.5 Å². The van der Waals surface area contributed by atoms with Crippen LogP contribution in [-0.4, -0.2) is 31.5 Å². The molecule has 1 heterocycles. The van der Waals surface area contributed by atoms with Gasteiger partial charge in [-0.1, -0.05) is 6.07 Å². The summed E-state index contributed by atoms with van der Waals surface area (Å²) in [7, 11) is 3.14. The number of benzene rings is 1. The predicted octanol–water partition coefficient (Wildman–Crippen LogP) is 3.21. The van der Waals surface area contributed by atoms with Crippen molar-refractivity contribution in [2.45, 2.75) is 6.42 Å². The quantitative estimate of drug-likeness (QED) is 0.847. The third-order valence-electron chi connectivity index (χ3n) is 3.03. The summed E-state index contributed by atoms with van der Waals surface area (Å²) in [5.41, 5.74) is 0.0690. The second kappa shape index (κ2) is 6.52. The molecule has 2 aromatic rings. The number of methoxy groups -OCH3 is 1. The third kappa shape index (κ3) is 3.36. The highest BCUT2D eigenvalue weighted by atomic mass is 32.1. The fourth-order valence-electron chi connectivity index (χ4n) is 1.84. The first-order valence-electron chi connectivity index (χ1n) is 6.23. The summed E-state index contributed by atoms with van der Waals surface area (Å²) in [6.07, 6.45) is 0.775. The van der Waals surface area contributed by atoms with Crippen LogP contribution in [0.5, 0.6) is 5.75 Å². The number of ether oxygens (including phenoxy) is 1. The van der Waals surface area contributed by atoms with Crippen molar-refractivity contribution in [2.24, 2.45) is 0 Å². The molecule has 0 bridgehead atoms. The Morgan fingerprint density at radius 1 is 1.40 bits per heavy atom. The Morgan fingerprint density at radius 2 is 2.20 bits per heavy atom. The monoisotopic (exact) mass is 293 g/mol. The molecular formula is C15H16FNO2S. The minimum atomic E-state index is -0.558. The predicted molar refractivity (Wildman–Crippen MR) is 77.9 cm³/mol. The van der Waals surface area contributed by atoms with Crippen LogP contribution in [0, 0.1) is 5.82 Å². The van der Waals surface area contributed by atoms with Gasteiger partial charge in [-0.3, -0.25) is 4.79 Å². The van der Waals surface area contributed by atoms with E-state index in [0.717, 1.165) is 6.42 Å². The molecule has 1 aromatic carbocycles. The number of halogens is 1. The van der Waals surface area contributed by atoms with Gasteiger partial charge in [-0.05, 0) is 30.0 Å². The number of rotatable bonds is 5. The molecule has 20 heavy (non-hydrogen) atoms. The first-order chi connectivity index (χ1) is 9.61. The fourth-order valence-corrected chi connectivity index (χ4v) is 2.53. The van der Waals surface area contributed by atoms with Gasteiger partial charge in [0.1, 0.15) is 11.6 Å². The largest absolute Gasteiger partial charge is 0.497 e. The molecule has 0 fully saturated rings. The Balaban J connectivity index is 2.02. The van der Waals surface area contributed by atoms with E-state index in [1.165, 1.54) is 29.0 Å². The summed E-state index contributed by atoms with van der Waals surface area (Å²) >= 11 is 1.65. The standard InChI is InChI=1S/C15H16FNO2S/c1-17(8-7-12-4-3-9-20-12)15(18)13-6-5-11(19-2)10-14(13)16/h3-6,9-10H,7-8H2,1-2H3. The molecule has 0 aliphatic carbocycles. The van der Waals surface area contributed by atoms with Crippen LogP contribution in [-0.2, 0) is 6.42 Å². The van der Waals surface area contributed by atoms with Crippen LogP contribution in [0.1, 0.15) is 15.2 Å². The molecule has 2 rings (SSSR count). The second-order valence-corrected chi connectivity index (χ2v) is 5.43. The molecule has 1 amide bonds. The smallest absolute Gasteiger partial charge is 0.256 e. The summed E-state index contributed by atoms with van der Waals surface area (Å²) in [6, 6.07) is 8.27. The lowest BCUT2D eigenvalue weighted by Gasteiger charge is -2.17. The molecule has 3 nitrogen and oxygen atoms in total. The van der Waals surface area contributed by atoms with E-state index < -0.39 is 5.82 Å². The Morgan fingerprint density at radius 3 is 2.80 bits per heavy atom. The molecule has 106 valence electrons. The number of amides is 1. The maximum Gasteiger partial charge on any atom is 0.256 e. The van der Waals surface area contributed by atoms with Crippen molar-refractivity contribution in [3.8, 4) is 5.75 Å². The van der Waals surface area contributed by atoms with Gasteiger partial charge >= 0.3 is 0 Å². The number of carbonyl (C=O) groups is 1. The van der Waals surface area contributed by atoms with E-state index in [9.17, 15) is 9.18 Å². The number of carbonyl (C=O) groups excluding carboxylic acids is 1. The van der Waals surface area contributed by atoms with Gasteiger partial charge in [0.2, 0.25) is 0 Å². The van der Waals surface area contributed by atoms with Crippen molar-refractivity contribution < 1.29 is 13.9 Å². The average Bonchev–Trinajstić information content (AvgIpc) is 2.97. The van der Waals surface area contributed by atoms with Gasteiger partial charge in [0.25, 0.3) is 5.91 Å². The van der Waals surface area contributed by atoms with Gasteiger partial charge < -0.3 is 9.64 Å². The van der Waals surface area contributed by atoms with Crippen molar-refractivity contribution in [1.82, 2.24) is 4.90 Å². The van der Waals surface area contributed by atoms with E-state index >= 15 is 0 Å². The molecule has 0 radical (unpaired) electrons. The highest BCUT2D eigenvalue weighted by molar-refractivity contribution is 7.09. The molecule has 0 aliphatic heterocycles. The summed E-state index contributed by atoms with van der Waals surface area (Å²) in [4.78, 5) is 14.9. The maximum absolute atomic E-state index is 13.8. The molecule has 1 aromatic heterocycles. The highest BCUT2D eigenvalue weighted by Gasteiger charge is 2.16. The van der Waals surface area contributed by atoms with Crippen LogP contribution in [0.15, 0.2) is 35.7 Å². The lowest BCUT2D eigenvalue weighted by molar-refractivity contribution is 0.0792. The Bertz CT molecular complexity index is 584. The minimum Gasteiger partial charge on any atom is -0.497 e. The second-order valence-electron chi connectivity index (χ2n) is 4.40. The van der Waals surface area contributed by atoms with Crippen LogP contribution < -0.4 is 4.74 Å². The first-order valence-corrected chi connectivity index (χ1v) is 7.11. The molecule has 0 spiro atoms. The molecular weight excluding hydrogens is 277 g/mol. The first kappa shape index (κ1) is 14.5. The van der Waals surface area contributed by atoms with Gasteiger partial charge in [-0.25, -0.2) is 4.39 Å². The lowest BCUT2D eigenvalue weighted by Crippen LogP contribution is -2.29. The zero-order valence-corrected chi connectivity index (χ0v) is 12.2.